The van der Waals surface area contributed by atoms with E-state index in [1.54, 1.807) is 0 Å². The van der Waals surface area contributed by atoms with E-state index in [9.17, 15) is 4.79 Å². The first-order valence-electron chi connectivity index (χ1n) is 13.2. The summed E-state index contributed by atoms with van der Waals surface area (Å²) in [4.78, 5) is 12.0. The Morgan fingerprint density at radius 1 is 0.879 bits per heavy atom. The Hall–Kier alpha value is -2.03. The zero-order valence-corrected chi connectivity index (χ0v) is 21.1. The van der Waals surface area contributed by atoms with Crippen molar-refractivity contribution in [1.29, 1.82) is 0 Å². The third-order valence-corrected chi connectivity index (χ3v) is 8.07. The molecule has 2 aromatic carbocycles. The average Bonchev–Trinajstić information content (AvgIpc) is 2.79. The molecule has 2 aliphatic rings. The fourth-order valence-corrected chi connectivity index (χ4v) is 5.91. The average molecular weight is 451 g/mol. The molecule has 3 heteroatoms. The smallest absolute Gasteiger partial charge is 0.308 e. The van der Waals surface area contributed by atoms with E-state index in [4.69, 9.17) is 9.47 Å². The molecule has 2 aromatic rings. The van der Waals surface area contributed by atoms with E-state index < -0.39 is 0 Å². The quantitative estimate of drug-likeness (QED) is 0.422. The molecule has 180 valence electrons. The van der Waals surface area contributed by atoms with Crippen LogP contribution in [0.2, 0.25) is 0 Å². The van der Waals surface area contributed by atoms with Crippen LogP contribution in [0.5, 0.6) is 5.75 Å². The van der Waals surface area contributed by atoms with Crippen LogP contribution < -0.4 is 4.74 Å². The van der Waals surface area contributed by atoms with Crippen molar-refractivity contribution in [3.63, 3.8) is 0 Å². The highest BCUT2D eigenvalue weighted by Gasteiger charge is 2.30. The molecule has 33 heavy (non-hydrogen) atoms. The fraction of sp³-hybridized carbons (Fsp3) is 0.633. The van der Waals surface area contributed by atoms with E-state index >= 15 is 0 Å². The summed E-state index contributed by atoms with van der Waals surface area (Å²) in [6.07, 6.45) is 10.5. The van der Waals surface area contributed by atoms with Gasteiger partial charge in [0.25, 0.3) is 0 Å². The highest BCUT2D eigenvalue weighted by Crippen LogP contribution is 2.39. The van der Waals surface area contributed by atoms with Crippen LogP contribution in [0.3, 0.4) is 0 Å². The van der Waals surface area contributed by atoms with Gasteiger partial charge in [-0.1, -0.05) is 45.0 Å². The number of fused-ring (bicyclic) bond motifs is 1. The molecule has 0 N–H and O–H groups in total. The predicted molar refractivity (Wildman–Crippen MR) is 136 cm³/mol. The lowest BCUT2D eigenvalue weighted by Gasteiger charge is -2.37. The van der Waals surface area contributed by atoms with Crippen LogP contribution in [0.4, 0.5) is 0 Å². The molecule has 0 aromatic heterocycles. The summed E-state index contributed by atoms with van der Waals surface area (Å²) in [5.74, 6) is 2.60. The maximum atomic E-state index is 12.0. The highest BCUT2D eigenvalue weighted by molar-refractivity contribution is 5.84. The standard InChI is InChI=1S/C30H42O3/c1-5-32-29(31)23-9-6-21(7-10-23)18-22-8-11-25-20-28(15-12-24(25)19-22)33-27-16-13-26(14-17-27)30(2,3)4/h8,11-12,15,19-21,23,26-27H,5-7,9-10,13-14,16-18H2,1-4H3. The van der Waals surface area contributed by atoms with Gasteiger partial charge < -0.3 is 9.47 Å². The van der Waals surface area contributed by atoms with Crippen molar-refractivity contribution in [3.8, 4) is 5.75 Å². The minimum atomic E-state index is 0.00178. The highest BCUT2D eigenvalue weighted by atomic mass is 16.5. The summed E-state index contributed by atoms with van der Waals surface area (Å²) in [5.41, 5.74) is 1.81. The van der Waals surface area contributed by atoms with E-state index in [1.807, 2.05) is 6.92 Å². The molecule has 2 saturated carbocycles. The number of benzene rings is 2. The Balaban J connectivity index is 1.31. The Morgan fingerprint density at radius 3 is 2.21 bits per heavy atom. The Morgan fingerprint density at radius 2 is 1.55 bits per heavy atom. The summed E-state index contributed by atoms with van der Waals surface area (Å²) in [5, 5.41) is 2.54. The van der Waals surface area contributed by atoms with E-state index in [2.05, 4.69) is 57.2 Å². The largest absolute Gasteiger partial charge is 0.490 e. The predicted octanol–water partition coefficient (Wildman–Crippen LogP) is 7.74. The van der Waals surface area contributed by atoms with Crippen molar-refractivity contribution in [2.24, 2.45) is 23.2 Å². The van der Waals surface area contributed by atoms with Crippen molar-refractivity contribution in [1.82, 2.24) is 0 Å². The zero-order chi connectivity index (χ0) is 23.4. The molecule has 0 unspecified atom stereocenters. The second kappa shape index (κ2) is 10.5. The van der Waals surface area contributed by atoms with Crippen molar-refractivity contribution in [2.45, 2.75) is 91.6 Å². The molecule has 2 aliphatic carbocycles. The van der Waals surface area contributed by atoms with Crippen LogP contribution in [0.1, 0.15) is 84.6 Å². The van der Waals surface area contributed by atoms with Gasteiger partial charge >= 0.3 is 5.97 Å². The van der Waals surface area contributed by atoms with Crippen LogP contribution in [-0.2, 0) is 16.0 Å². The van der Waals surface area contributed by atoms with Crippen molar-refractivity contribution < 1.29 is 14.3 Å². The van der Waals surface area contributed by atoms with Gasteiger partial charge in [0.05, 0.1) is 18.6 Å². The van der Waals surface area contributed by atoms with E-state index in [1.165, 1.54) is 29.2 Å². The molecule has 0 bridgehead atoms. The van der Waals surface area contributed by atoms with Crippen LogP contribution in [0.15, 0.2) is 36.4 Å². The number of esters is 1. The molecular weight excluding hydrogens is 408 g/mol. The van der Waals surface area contributed by atoms with E-state index in [-0.39, 0.29) is 11.9 Å². The number of rotatable bonds is 6. The third kappa shape index (κ3) is 6.31. The summed E-state index contributed by atoms with van der Waals surface area (Å²) < 4.78 is 11.6. The summed E-state index contributed by atoms with van der Waals surface area (Å²) in [6.45, 7) is 9.47. The van der Waals surface area contributed by atoms with Gasteiger partial charge in [0.15, 0.2) is 0 Å². The van der Waals surface area contributed by atoms with Gasteiger partial charge in [-0.05, 0) is 110 Å². The first kappa shape index (κ1) is 24.1. The zero-order valence-electron chi connectivity index (χ0n) is 21.1. The molecule has 0 radical (unpaired) electrons. The maximum absolute atomic E-state index is 12.0. The minimum Gasteiger partial charge on any atom is -0.490 e. The molecule has 2 fully saturated rings. The van der Waals surface area contributed by atoms with Gasteiger partial charge in [0.2, 0.25) is 0 Å². The van der Waals surface area contributed by atoms with Crippen LogP contribution in [-0.4, -0.2) is 18.7 Å². The monoisotopic (exact) mass is 450 g/mol. The van der Waals surface area contributed by atoms with Crippen molar-refractivity contribution >= 4 is 16.7 Å². The van der Waals surface area contributed by atoms with Crippen molar-refractivity contribution in [2.75, 3.05) is 6.61 Å². The topological polar surface area (TPSA) is 35.5 Å². The second-order valence-corrected chi connectivity index (χ2v) is 11.5. The van der Waals surface area contributed by atoms with Crippen LogP contribution >= 0.6 is 0 Å². The molecule has 0 amide bonds. The summed E-state index contributed by atoms with van der Waals surface area (Å²) in [7, 11) is 0. The van der Waals surface area contributed by atoms with Crippen molar-refractivity contribution in [3.05, 3.63) is 42.0 Å². The number of carbonyl (C=O) groups excluding carboxylic acids is 1. The SMILES string of the molecule is CCOC(=O)C1CCC(Cc2ccc3cc(OC4CCC(C(C)(C)C)CC4)ccc3c2)CC1. The fourth-order valence-electron chi connectivity index (χ4n) is 5.91. The number of carbonyl (C=O) groups is 1. The summed E-state index contributed by atoms with van der Waals surface area (Å²) in [6, 6.07) is 13.4. The van der Waals surface area contributed by atoms with Gasteiger partial charge in [0.1, 0.15) is 5.75 Å². The van der Waals surface area contributed by atoms with Gasteiger partial charge in [-0.3, -0.25) is 4.79 Å². The first-order valence-corrected chi connectivity index (χ1v) is 13.2. The molecule has 3 nitrogen and oxygen atoms in total. The molecule has 0 atom stereocenters. The Kier molecular flexibility index (Phi) is 7.66. The van der Waals surface area contributed by atoms with Gasteiger partial charge in [-0.15, -0.1) is 0 Å². The number of hydrogen-bond acceptors (Lipinski definition) is 3. The third-order valence-electron chi connectivity index (χ3n) is 8.07. The lowest BCUT2D eigenvalue weighted by atomic mass is 9.72. The number of ether oxygens (including phenoxy) is 2. The molecule has 4 rings (SSSR count). The molecule has 0 spiro atoms. The van der Waals surface area contributed by atoms with Gasteiger partial charge in [0, 0.05) is 0 Å². The molecule has 0 aliphatic heterocycles. The lowest BCUT2D eigenvalue weighted by Crippen LogP contribution is -2.30. The molecular formula is C30H42O3. The van der Waals surface area contributed by atoms with E-state index in [0.29, 0.717) is 24.0 Å². The lowest BCUT2D eigenvalue weighted by molar-refractivity contribution is -0.149. The van der Waals surface area contributed by atoms with Gasteiger partial charge in [-0.2, -0.15) is 0 Å². The van der Waals surface area contributed by atoms with Crippen LogP contribution in [0.25, 0.3) is 10.8 Å². The Labute approximate surface area is 200 Å². The molecule has 0 heterocycles. The normalized spacial score (nSPS) is 26.2. The molecule has 0 saturated heterocycles. The van der Waals surface area contributed by atoms with Crippen LogP contribution in [0, 0.1) is 23.2 Å². The maximum Gasteiger partial charge on any atom is 0.308 e. The first-order chi connectivity index (χ1) is 15.8. The number of hydrogen-bond donors (Lipinski definition) is 0. The van der Waals surface area contributed by atoms with E-state index in [0.717, 1.165) is 56.6 Å². The summed E-state index contributed by atoms with van der Waals surface area (Å²) >= 11 is 0. The second-order valence-electron chi connectivity index (χ2n) is 11.5. The van der Waals surface area contributed by atoms with Gasteiger partial charge in [-0.25, -0.2) is 0 Å². The minimum absolute atomic E-state index is 0.00178. The Bertz CT molecular complexity index is 925.